The second-order valence-corrected chi connectivity index (χ2v) is 3.96. The van der Waals surface area contributed by atoms with Gasteiger partial charge in [-0.3, -0.25) is 0 Å². The molecule has 0 spiro atoms. The third kappa shape index (κ3) is 1.52. The number of hydrogen-bond donors (Lipinski definition) is 0. The van der Waals surface area contributed by atoms with Crippen molar-refractivity contribution in [2.24, 2.45) is 5.92 Å². The minimum Gasteiger partial charge on any atom is -0.450 e. The van der Waals surface area contributed by atoms with Gasteiger partial charge in [0, 0.05) is 0 Å². The lowest BCUT2D eigenvalue weighted by Crippen LogP contribution is -2.12. The van der Waals surface area contributed by atoms with Gasteiger partial charge in [0.25, 0.3) is 0 Å². The molecule has 1 aromatic carbocycles. The van der Waals surface area contributed by atoms with E-state index in [0.29, 0.717) is 5.92 Å². The summed E-state index contributed by atoms with van der Waals surface area (Å²) in [6.45, 7) is 2.12. The van der Waals surface area contributed by atoms with Crippen LogP contribution in [0.2, 0.25) is 0 Å². The first-order valence-corrected chi connectivity index (χ1v) is 5.38. The van der Waals surface area contributed by atoms with Crippen molar-refractivity contribution in [2.45, 2.75) is 6.92 Å². The first kappa shape index (κ1) is 9.28. The van der Waals surface area contributed by atoms with Gasteiger partial charge in [-0.05, 0) is 30.2 Å². The highest BCUT2D eigenvalue weighted by Crippen LogP contribution is 2.37. The Kier molecular flexibility index (Phi) is 2.07. The second kappa shape index (κ2) is 3.56. The molecule has 1 aromatic rings. The fourth-order valence-corrected chi connectivity index (χ4v) is 1.80. The average Bonchev–Trinajstić information content (AvgIpc) is 2.46. The van der Waals surface area contributed by atoms with Gasteiger partial charge in [0.15, 0.2) is 23.0 Å². The number of ether oxygens (including phenoxy) is 2. The number of benzene rings is 1. The molecule has 0 amide bonds. The Hall–Kier alpha value is -1.96. The molecule has 1 heterocycles. The van der Waals surface area contributed by atoms with E-state index in [4.69, 9.17) is 9.47 Å². The van der Waals surface area contributed by atoms with Crippen LogP contribution in [-0.4, -0.2) is 0 Å². The lowest BCUT2D eigenvalue weighted by Gasteiger charge is -2.22. The number of allylic oxidation sites excluding steroid dienone is 4. The highest BCUT2D eigenvalue weighted by molar-refractivity contribution is 5.48. The number of fused-ring (bicyclic) bond motifs is 2. The van der Waals surface area contributed by atoms with Crippen molar-refractivity contribution in [3.05, 3.63) is 60.1 Å². The Balaban J connectivity index is 2.06. The smallest absolute Gasteiger partial charge is 0.170 e. The summed E-state index contributed by atoms with van der Waals surface area (Å²) in [5, 5.41) is 0. The summed E-state index contributed by atoms with van der Waals surface area (Å²) in [7, 11) is 0. The van der Waals surface area contributed by atoms with Crippen molar-refractivity contribution in [3.63, 3.8) is 0 Å². The van der Waals surface area contributed by atoms with E-state index < -0.39 is 0 Å². The largest absolute Gasteiger partial charge is 0.450 e. The van der Waals surface area contributed by atoms with Gasteiger partial charge in [0.1, 0.15) is 0 Å². The number of para-hydroxylation sites is 2. The Labute approximate surface area is 94.5 Å². The summed E-state index contributed by atoms with van der Waals surface area (Å²) in [5.74, 6) is 3.49. The summed E-state index contributed by atoms with van der Waals surface area (Å²) in [6, 6.07) is 7.70. The lowest BCUT2D eigenvalue weighted by atomic mass is 10.1. The molecule has 3 rings (SSSR count). The molecule has 1 atom stereocenters. The third-order valence-electron chi connectivity index (χ3n) is 2.61. The maximum atomic E-state index is 5.81. The highest BCUT2D eigenvalue weighted by Gasteiger charge is 2.21. The highest BCUT2D eigenvalue weighted by atomic mass is 16.6. The number of rotatable bonds is 0. The van der Waals surface area contributed by atoms with E-state index in [9.17, 15) is 0 Å². The van der Waals surface area contributed by atoms with Gasteiger partial charge in [-0.2, -0.15) is 0 Å². The van der Waals surface area contributed by atoms with E-state index in [1.807, 2.05) is 36.4 Å². The van der Waals surface area contributed by atoms with E-state index in [2.05, 4.69) is 19.1 Å². The molecular weight excluding hydrogens is 200 g/mol. The van der Waals surface area contributed by atoms with Crippen molar-refractivity contribution >= 4 is 0 Å². The van der Waals surface area contributed by atoms with Crippen molar-refractivity contribution in [2.75, 3.05) is 0 Å². The van der Waals surface area contributed by atoms with Gasteiger partial charge in [0.05, 0.1) is 0 Å². The zero-order chi connectivity index (χ0) is 11.0. The Bertz CT molecular complexity index is 509. The van der Waals surface area contributed by atoms with E-state index >= 15 is 0 Å². The predicted octanol–water partition coefficient (Wildman–Crippen LogP) is 3.43. The first-order valence-electron chi connectivity index (χ1n) is 5.38. The monoisotopic (exact) mass is 212 g/mol. The lowest BCUT2D eigenvalue weighted by molar-refractivity contribution is 0.292. The summed E-state index contributed by atoms with van der Waals surface area (Å²) < 4.78 is 11.6. The summed E-state index contributed by atoms with van der Waals surface area (Å²) in [4.78, 5) is 0. The van der Waals surface area contributed by atoms with Gasteiger partial charge in [0.2, 0.25) is 0 Å². The van der Waals surface area contributed by atoms with Crippen LogP contribution in [0.3, 0.4) is 0 Å². The van der Waals surface area contributed by atoms with Gasteiger partial charge < -0.3 is 9.47 Å². The molecule has 1 unspecified atom stereocenters. The molecule has 0 saturated heterocycles. The van der Waals surface area contributed by atoms with Crippen LogP contribution in [-0.2, 0) is 0 Å². The minimum atomic E-state index is 0.359. The molecule has 0 bridgehead atoms. The molecule has 1 aliphatic carbocycles. The molecular formula is C14H12O2. The fourth-order valence-electron chi connectivity index (χ4n) is 1.80. The Morgan fingerprint density at radius 3 is 2.44 bits per heavy atom. The standard InChI is InChI=1S/C14H12O2/c1-10-5-4-8-13-14(9-10)16-12-7-3-2-6-11(12)15-13/h2-10H,1H3. The summed E-state index contributed by atoms with van der Waals surface area (Å²) in [6.07, 6.45) is 8.10. The maximum Gasteiger partial charge on any atom is 0.170 e. The quantitative estimate of drug-likeness (QED) is 0.656. The van der Waals surface area contributed by atoms with Crippen LogP contribution in [0.4, 0.5) is 0 Å². The molecule has 2 nitrogen and oxygen atoms in total. The molecule has 2 heteroatoms. The van der Waals surface area contributed by atoms with Crippen molar-refractivity contribution in [1.29, 1.82) is 0 Å². The average molecular weight is 212 g/mol. The van der Waals surface area contributed by atoms with Gasteiger partial charge in [-0.15, -0.1) is 0 Å². The molecule has 0 aromatic heterocycles. The number of hydrogen-bond acceptors (Lipinski definition) is 2. The van der Waals surface area contributed by atoms with Crippen LogP contribution in [0, 0.1) is 5.92 Å². The van der Waals surface area contributed by atoms with Crippen LogP contribution in [0.1, 0.15) is 6.92 Å². The summed E-state index contributed by atoms with van der Waals surface area (Å²) in [5.41, 5.74) is 0. The molecule has 80 valence electrons. The van der Waals surface area contributed by atoms with Gasteiger partial charge in [-0.1, -0.05) is 31.2 Å². The van der Waals surface area contributed by atoms with E-state index in [0.717, 1.165) is 23.0 Å². The predicted molar refractivity (Wildman–Crippen MR) is 62.2 cm³/mol. The van der Waals surface area contributed by atoms with Crippen molar-refractivity contribution < 1.29 is 9.47 Å². The first-order chi connectivity index (χ1) is 7.83. The summed E-state index contributed by atoms with van der Waals surface area (Å²) >= 11 is 0. The zero-order valence-corrected chi connectivity index (χ0v) is 9.01. The van der Waals surface area contributed by atoms with Crippen LogP contribution < -0.4 is 9.47 Å². The Morgan fingerprint density at radius 2 is 1.69 bits per heavy atom. The minimum absolute atomic E-state index is 0.359. The van der Waals surface area contributed by atoms with Gasteiger partial charge >= 0.3 is 0 Å². The third-order valence-corrected chi connectivity index (χ3v) is 2.61. The molecule has 0 radical (unpaired) electrons. The van der Waals surface area contributed by atoms with Crippen LogP contribution in [0.5, 0.6) is 11.5 Å². The van der Waals surface area contributed by atoms with E-state index in [1.165, 1.54) is 0 Å². The second-order valence-electron chi connectivity index (χ2n) is 3.96. The van der Waals surface area contributed by atoms with Crippen LogP contribution >= 0.6 is 0 Å². The molecule has 0 N–H and O–H groups in total. The maximum absolute atomic E-state index is 5.81. The van der Waals surface area contributed by atoms with Crippen molar-refractivity contribution in [1.82, 2.24) is 0 Å². The fraction of sp³-hybridized carbons (Fsp3) is 0.143. The van der Waals surface area contributed by atoms with E-state index in [1.54, 1.807) is 0 Å². The van der Waals surface area contributed by atoms with Gasteiger partial charge in [-0.25, -0.2) is 0 Å². The molecule has 16 heavy (non-hydrogen) atoms. The molecule has 1 aliphatic heterocycles. The zero-order valence-electron chi connectivity index (χ0n) is 9.01. The SMILES string of the molecule is CC1C=CC=C2Oc3ccccc3OC2=C1. The van der Waals surface area contributed by atoms with Crippen LogP contribution in [0.25, 0.3) is 0 Å². The molecule has 0 fully saturated rings. The van der Waals surface area contributed by atoms with E-state index in [-0.39, 0.29) is 0 Å². The Morgan fingerprint density at radius 1 is 1.00 bits per heavy atom. The van der Waals surface area contributed by atoms with Crippen LogP contribution in [0.15, 0.2) is 60.1 Å². The normalized spacial score (nSPS) is 21.7. The topological polar surface area (TPSA) is 18.5 Å². The molecule has 2 aliphatic rings. The van der Waals surface area contributed by atoms with Crippen molar-refractivity contribution in [3.8, 4) is 11.5 Å². The molecule has 0 saturated carbocycles.